The Bertz CT molecular complexity index is 639. The first-order valence-corrected chi connectivity index (χ1v) is 11.5. The third-order valence-corrected chi connectivity index (χ3v) is 5.65. The fourth-order valence-electron chi connectivity index (χ4n) is 3.92. The molecule has 2 aliphatic rings. The molecular formula is C23H44F2N4O4. The quantitative estimate of drug-likeness (QED) is 0.669. The molecule has 2 aliphatic heterocycles. The van der Waals surface area contributed by atoms with Gasteiger partial charge in [0.2, 0.25) is 0 Å². The van der Waals surface area contributed by atoms with Crippen LogP contribution < -0.4 is 5.32 Å². The Morgan fingerprint density at radius 2 is 1.30 bits per heavy atom. The second-order valence-corrected chi connectivity index (χ2v) is 11.0. The van der Waals surface area contributed by atoms with Gasteiger partial charge in [0, 0.05) is 52.1 Å². The molecule has 2 heterocycles. The summed E-state index contributed by atoms with van der Waals surface area (Å²) >= 11 is 0. The van der Waals surface area contributed by atoms with Crippen molar-refractivity contribution in [3.8, 4) is 0 Å². The van der Waals surface area contributed by atoms with Crippen LogP contribution in [0.3, 0.4) is 0 Å². The highest BCUT2D eigenvalue weighted by atomic mass is 19.1. The van der Waals surface area contributed by atoms with Gasteiger partial charge in [-0.05, 0) is 48.6 Å². The van der Waals surface area contributed by atoms with Gasteiger partial charge in [-0.1, -0.05) is 0 Å². The molecule has 0 aromatic carbocycles. The lowest BCUT2D eigenvalue weighted by atomic mass is 10.1. The van der Waals surface area contributed by atoms with Crippen LogP contribution in [0, 0.1) is 11.8 Å². The fraction of sp³-hybridized carbons (Fsp3) is 0.913. The summed E-state index contributed by atoms with van der Waals surface area (Å²) in [4.78, 5) is 28.7. The summed E-state index contributed by atoms with van der Waals surface area (Å²) in [7, 11) is 5.28. The van der Waals surface area contributed by atoms with Crippen molar-refractivity contribution in [3.05, 3.63) is 0 Å². The number of amides is 2. The Balaban J connectivity index is 0.000000331. The molecule has 8 nitrogen and oxygen atoms in total. The summed E-state index contributed by atoms with van der Waals surface area (Å²) in [6.45, 7) is 12.8. The minimum absolute atomic E-state index is 0.0974. The molecule has 4 atom stereocenters. The molecule has 0 aliphatic carbocycles. The van der Waals surface area contributed by atoms with Crippen LogP contribution in [0.2, 0.25) is 0 Å². The Labute approximate surface area is 197 Å². The van der Waals surface area contributed by atoms with E-state index >= 15 is 0 Å². The lowest BCUT2D eigenvalue weighted by molar-refractivity contribution is 0.0180. The number of nitrogens with one attached hydrogen (secondary N) is 1. The molecule has 33 heavy (non-hydrogen) atoms. The van der Waals surface area contributed by atoms with Crippen LogP contribution in [0.5, 0.6) is 0 Å². The molecule has 0 saturated carbocycles. The summed E-state index contributed by atoms with van der Waals surface area (Å²) in [6.07, 6.45) is -0.768. The molecule has 0 spiro atoms. The van der Waals surface area contributed by atoms with Crippen LogP contribution in [0.25, 0.3) is 0 Å². The number of halogens is 2. The van der Waals surface area contributed by atoms with Crippen molar-refractivity contribution in [2.24, 2.45) is 11.8 Å². The van der Waals surface area contributed by atoms with Gasteiger partial charge < -0.3 is 29.5 Å². The molecule has 2 fully saturated rings. The largest absolute Gasteiger partial charge is 0.444 e. The van der Waals surface area contributed by atoms with Crippen molar-refractivity contribution in [2.45, 2.75) is 64.8 Å². The molecule has 1 N–H and O–H groups in total. The molecular weight excluding hydrogens is 434 g/mol. The second-order valence-electron chi connectivity index (χ2n) is 11.0. The van der Waals surface area contributed by atoms with E-state index in [0.717, 1.165) is 0 Å². The number of likely N-dealkylation sites (N-methyl/N-ethyl adjacent to an activating group) is 3. The monoisotopic (exact) mass is 478 g/mol. The van der Waals surface area contributed by atoms with Gasteiger partial charge in [-0.3, -0.25) is 8.78 Å². The highest BCUT2D eigenvalue weighted by Gasteiger charge is 2.37. The van der Waals surface area contributed by atoms with E-state index in [0.29, 0.717) is 26.2 Å². The maximum atomic E-state index is 12.9. The van der Waals surface area contributed by atoms with E-state index < -0.39 is 24.6 Å². The van der Waals surface area contributed by atoms with E-state index in [9.17, 15) is 18.4 Å². The number of ether oxygens (including phenoxy) is 2. The predicted octanol–water partition coefficient (Wildman–Crippen LogP) is 3.16. The smallest absolute Gasteiger partial charge is 0.410 e. The zero-order valence-corrected chi connectivity index (χ0v) is 21.8. The van der Waals surface area contributed by atoms with Crippen LogP contribution in [-0.4, -0.2) is 111 Å². The molecule has 10 heteroatoms. The van der Waals surface area contributed by atoms with Gasteiger partial charge in [-0.2, -0.15) is 0 Å². The number of rotatable bonds is 4. The van der Waals surface area contributed by atoms with Crippen molar-refractivity contribution < 1.29 is 27.8 Å². The lowest BCUT2D eigenvalue weighted by Gasteiger charge is -2.30. The zero-order valence-electron chi connectivity index (χ0n) is 21.8. The van der Waals surface area contributed by atoms with Crippen molar-refractivity contribution in [2.75, 3.05) is 60.7 Å². The van der Waals surface area contributed by atoms with Gasteiger partial charge >= 0.3 is 12.2 Å². The standard InChI is InChI=1S/C12H23FN2O2.C11H21FN2O2/c1-12(2,3)17-11(16)15(5)10-8-14(4)7-9(10)6-13;1-11(2,3)16-10(15)14(4)9-7-13-6-8(9)5-12/h9-10H,6-8H2,1-5H3;8-9,13H,5-7H2,1-4H3/t9-,10+;8-,9+/m00/s1. The molecule has 2 amide bonds. The number of hydrogen-bond acceptors (Lipinski definition) is 6. The van der Waals surface area contributed by atoms with E-state index in [-0.39, 0.29) is 36.1 Å². The van der Waals surface area contributed by atoms with Gasteiger partial charge in [0.15, 0.2) is 0 Å². The van der Waals surface area contributed by atoms with Crippen LogP contribution >= 0.6 is 0 Å². The third-order valence-electron chi connectivity index (χ3n) is 5.65. The van der Waals surface area contributed by atoms with Crippen LogP contribution in [0.1, 0.15) is 41.5 Å². The number of alkyl halides is 2. The number of likely N-dealkylation sites (tertiary alicyclic amines) is 1. The minimum Gasteiger partial charge on any atom is -0.444 e. The molecule has 0 unspecified atom stereocenters. The van der Waals surface area contributed by atoms with Gasteiger partial charge in [0.05, 0.1) is 25.4 Å². The molecule has 0 bridgehead atoms. The Morgan fingerprint density at radius 1 is 0.848 bits per heavy atom. The SMILES string of the molecule is CN(C(=O)OC(C)(C)C)[C@@H]1CNC[C@@H]1CF.CN1C[C@H](CF)[C@H](N(C)C(=O)OC(C)(C)C)C1. The highest BCUT2D eigenvalue weighted by Crippen LogP contribution is 2.22. The summed E-state index contributed by atoms with van der Waals surface area (Å²) in [6, 6.07) is -0.209. The number of carbonyl (C=O) groups is 2. The van der Waals surface area contributed by atoms with Gasteiger partial charge in [-0.25, -0.2) is 9.59 Å². The topological polar surface area (TPSA) is 74.4 Å². The van der Waals surface area contributed by atoms with E-state index in [1.807, 2.05) is 53.5 Å². The van der Waals surface area contributed by atoms with Gasteiger partial charge in [-0.15, -0.1) is 0 Å². The molecule has 2 rings (SSSR count). The maximum Gasteiger partial charge on any atom is 0.410 e. The van der Waals surface area contributed by atoms with E-state index in [1.54, 1.807) is 14.1 Å². The molecule has 0 aromatic heterocycles. The first-order chi connectivity index (χ1) is 15.1. The Kier molecular flexibility index (Phi) is 10.8. The normalized spacial score (nSPS) is 25.8. The Morgan fingerprint density at radius 3 is 1.73 bits per heavy atom. The molecule has 194 valence electrons. The average Bonchev–Trinajstić information content (AvgIpc) is 3.30. The third kappa shape index (κ3) is 9.60. The van der Waals surface area contributed by atoms with E-state index in [1.165, 1.54) is 9.80 Å². The maximum absolute atomic E-state index is 12.9. The number of nitrogens with zero attached hydrogens (tertiary/aromatic N) is 3. The zero-order chi connectivity index (χ0) is 25.6. The summed E-state index contributed by atoms with van der Waals surface area (Å²) in [5, 5.41) is 3.08. The predicted molar refractivity (Wildman–Crippen MR) is 125 cm³/mol. The first-order valence-electron chi connectivity index (χ1n) is 11.5. The molecule has 0 radical (unpaired) electrons. The summed E-state index contributed by atoms with van der Waals surface area (Å²) < 4.78 is 36.1. The van der Waals surface area contributed by atoms with Crippen molar-refractivity contribution in [1.82, 2.24) is 20.0 Å². The van der Waals surface area contributed by atoms with Gasteiger partial charge in [0.25, 0.3) is 0 Å². The van der Waals surface area contributed by atoms with Gasteiger partial charge in [0.1, 0.15) is 11.2 Å². The second kappa shape index (κ2) is 12.1. The van der Waals surface area contributed by atoms with Crippen molar-refractivity contribution in [3.63, 3.8) is 0 Å². The van der Waals surface area contributed by atoms with E-state index in [2.05, 4.69) is 5.32 Å². The minimum atomic E-state index is -0.513. The lowest BCUT2D eigenvalue weighted by Crippen LogP contribution is -2.45. The van der Waals surface area contributed by atoms with Crippen molar-refractivity contribution >= 4 is 12.2 Å². The van der Waals surface area contributed by atoms with Crippen molar-refractivity contribution in [1.29, 1.82) is 0 Å². The number of carbonyl (C=O) groups excluding carboxylic acids is 2. The first kappa shape index (κ1) is 29.4. The fourth-order valence-corrected chi connectivity index (χ4v) is 3.92. The molecule has 2 saturated heterocycles. The summed E-state index contributed by atoms with van der Waals surface area (Å²) in [5.74, 6) is -0.241. The number of hydrogen-bond donors (Lipinski definition) is 1. The average molecular weight is 479 g/mol. The van der Waals surface area contributed by atoms with E-state index in [4.69, 9.17) is 9.47 Å². The van der Waals surface area contributed by atoms with Crippen LogP contribution in [-0.2, 0) is 9.47 Å². The van der Waals surface area contributed by atoms with Crippen LogP contribution in [0.4, 0.5) is 18.4 Å². The highest BCUT2D eigenvalue weighted by molar-refractivity contribution is 5.68. The van der Waals surface area contributed by atoms with Crippen LogP contribution in [0.15, 0.2) is 0 Å². The summed E-state index contributed by atoms with van der Waals surface area (Å²) in [5.41, 5.74) is -1.02. The molecule has 0 aromatic rings. The Hall–Kier alpha value is -1.68.